The van der Waals surface area contributed by atoms with Crippen LogP contribution in [0.4, 0.5) is 11.8 Å². The van der Waals surface area contributed by atoms with Gasteiger partial charge in [0.1, 0.15) is 6.61 Å². The number of carbonyl (C=O) groups excluding carboxylic acids is 1. The fourth-order valence-electron chi connectivity index (χ4n) is 2.15. The first kappa shape index (κ1) is 17.7. The molecule has 0 atom stereocenters. The number of ether oxygens (including phenoxy) is 1. The van der Waals surface area contributed by atoms with Gasteiger partial charge in [0.05, 0.1) is 6.20 Å². The van der Waals surface area contributed by atoms with Crippen LogP contribution < -0.4 is 15.8 Å². The number of carbonyl (C=O) groups is 1. The number of unbranched alkanes of at least 4 members (excludes halogenated alkanes) is 1. The zero-order valence-electron chi connectivity index (χ0n) is 14.2. The number of Topliss-reactive ketones (excluding diaryl/α,β-unsaturated/α-hetero) is 1. The zero-order valence-corrected chi connectivity index (χ0v) is 14.2. The summed E-state index contributed by atoms with van der Waals surface area (Å²) in [4.78, 5) is 19.8. The Morgan fingerprint density at radius 3 is 2.67 bits per heavy atom. The maximum absolute atomic E-state index is 11.6. The molecule has 6 heteroatoms. The summed E-state index contributed by atoms with van der Waals surface area (Å²) in [7, 11) is 0. The van der Waals surface area contributed by atoms with E-state index in [1.165, 1.54) is 0 Å². The highest BCUT2D eigenvalue weighted by atomic mass is 16.5. The minimum atomic E-state index is 0.136. The molecule has 0 spiro atoms. The highest BCUT2D eigenvalue weighted by Crippen LogP contribution is 2.23. The summed E-state index contributed by atoms with van der Waals surface area (Å²) >= 11 is 0. The summed E-state index contributed by atoms with van der Waals surface area (Å²) in [5.74, 6) is 1.52. The molecule has 0 saturated carbocycles. The number of aromatic nitrogens is 2. The highest BCUT2D eigenvalue weighted by molar-refractivity contribution is 5.95. The van der Waals surface area contributed by atoms with Gasteiger partial charge in [0.2, 0.25) is 5.95 Å². The number of anilines is 2. The van der Waals surface area contributed by atoms with Crippen molar-refractivity contribution in [3.05, 3.63) is 41.6 Å². The van der Waals surface area contributed by atoms with Gasteiger partial charge < -0.3 is 15.8 Å². The van der Waals surface area contributed by atoms with Crippen molar-refractivity contribution >= 4 is 17.5 Å². The Hall–Kier alpha value is -2.63. The molecule has 0 unspecified atom stereocenters. The molecule has 128 valence electrons. The average Bonchev–Trinajstić information content (AvgIpc) is 2.61. The first-order valence-electron chi connectivity index (χ1n) is 8.25. The van der Waals surface area contributed by atoms with E-state index in [0.29, 0.717) is 24.6 Å². The molecule has 0 saturated heterocycles. The molecule has 1 heterocycles. The normalized spacial score (nSPS) is 10.4. The lowest BCUT2D eigenvalue weighted by molar-refractivity contribution is 0.0988. The second-order valence-corrected chi connectivity index (χ2v) is 5.48. The Labute approximate surface area is 142 Å². The van der Waals surface area contributed by atoms with E-state index in [-0.39, 0.29) is 11.7 Å². The van der Waals surface area contributed by atoms with Crippen LogP contribution in [-0.4, -0.2) is 22.3 Å². The van der Waals surface area contributed by atoms with Crippen molar-refractivity contribution in [1.82, 2.24) is 9.97 Å². The Morgan fingerprint density at radius 2 is 2.00 bits per heavy atom. The SMILES string of the molecule is CCCCNc1nc(N)ncc1OCc1ccc(C(=O)CC)cc1. The molecule has 0 aliphatic rings. The zero-order chi connectivity index (χ0) is 17.4. The van der Waals surface area contributed by atoms with E-state index in [9.17, 15) is 4.79 Å². The van der Waals surface area contributed by atoms with Crippen LogP contribution in [0.3, 0.4) is 0 Å². The molecule has 0 amide bonds. The number of ketones is 1. The molecule has 1 aromatic heterocycles. The van der Waals surface area contributed by atoms with Gasteiger partial charge >= 0.3 is 0 Å². The largest absolute Gasteiger partial charge is 0.483 e. The van der Waals surface area contributed by atoms with Crippen LogP contribution in [-0.2, 0) is 6.61 Å². The Bertz CT molecular complexity index is 671. The second kappa shape index (κ2) is 8.86. The number of hydrogen-bond acceptors (Lipinski definition) is 6. The molecular formula is C18H24N4O2. The van der Waals surface area contributed by atoms with Crippen molar-refractivity contribution in [1.29, 1.82) is 0 Å². The quantitative estimate of drug-likeness (QED) is 0.541. The average molecular weight is 328 g/mol. The third-order valence-corrected chi connectivity index (χ3v) is 3.59. The lowest BCUT2D eigenvalue weighted by Gasteiger charge is -2.12. The van der Waals surface area contributed by atoms with Crippen molar-refractivity contribution in [3.8, 4) is 5.75 Å². The topological polar surface area (TPSA) is 90.1 Å². The molecule has 0 aliphatic carbocycles. The van der Waals surface area contributed by atoms with Gasteiger partial charge in [-0.15, -0.1) is 0 Å². The number of nitrogens with zero attached hydrogens (tertiary/aromatic N) is 2. The third-order valence-electron chi connectivity index (χ3n) is 3.59. The fourth-order valence-corrected chi connectivity index (χ4v) is 2.15. The van der Waals surface area contributed by atoms with Gasteiger partial charge in [-0.1, -0.05) is 44.5 Å². The minimum absolute atomic E-state index is 0.136. The maximum Gasteiger partial charge on any atom is 0.222 e. The van der Waals surface area contributed by atoms with E-state index in [1.807, 2.05) is 31.2 Å². The monoisotopic (exact) mass is 328 g/mol. The van der Waals surface area contributed by atoms with E-state index in [2.05, 4.69) is 22.2 Å². The summed E-state index contributed by atoms with van der Waals surface area (Å²) in [6.45, 7) is 5.15. The first-order valence-corrected chi connectivity index (χ1v) is 8.25. The predicted molar refractivity (Wildman–Crippen MR) is 95.2 cm³/mol. The van der Waals surface area contributed by atoms with E-state index in [1.54, 1.807) is 6.20 Å². The molecule has 3 N–H and O–H groups in total. The van der Waals surface area contributed by atoms with Crippen LogP contribution in [0.15, 0.2) is 30.5 Å². The molecule has 1 aromatic carbocycles. The minimum Gasteiger partial charge on any atom is -0.483 e. The molecular weight excluding hydrogens is 304 g/mol. The Balaban J connectivity index is 2.01. The lowest BCUT2D eigenvalue weighted by atomic mass is 10.1. The Morgan fingerprint density at radius 1 is 1.25 bits per heavy atom. The van der Waals surface area contributed by atoms with E-state index >= 15 is 0 Å². The molecule has 24 heavy (non-hydrogen) atoms. The van der Waals surface area contributed by atoms with Gasteiger partial charge in [0, 0.05) is 18.5 Å². The number of nitrogen functional groups attached to an aromatic ring is 1. The van der Waals surface area contributed by atoms with Crippen molar-refractivity contribution in [2.75, 3.05) is 17.6 Å². The van der Waals surface area contributed by atoms with Crippen LogP contribution >= 0.6 is 0 Å². The Kier molecular flexibility index (Phi) is 6.54. The molecule has 0 bridgehead atoms. The molecule has 2 rings (SSSR count). The van der Waals surface area contributed by atoms with Crippen LogP contribution in [0.25, 0.3) is 0 Å². The summed E-state index contributed by atoms with van der Waals surface area (Å²) in [6.07, 6.45) is 4.21. The smallest absolute Gasteiger partial charge is 0.222 e. The van der Waals surface area contributed by atoms with Crippen LogP contribution in [0.5, 0.6) is 5.75 Å². The van der Waals surface area contributed by atoms with Crippen molar-refractivity contribution in [2.45, 2.75) is 39.7 Å². The maximum atomic E-state index is 11.6. The van der Waals surface area contributed by atoms with Crippen LogP contribution in [0.1, 0.15) is 49.0 Å². The van der Waals surface area contributed by atoms with Crippen LogP contribution in [0, 0.1) is 0 Å². The van der Waals surface area contributed by atoms with Gasteiger partial charge in [-0.3, -0.25) is 4.79 Å². The number of hydrogen-bond donors (Lipinski definition) is 2. The standard InChI is InChI=1S/C18H24N4O2/c1-3-5-10-20-17-16(11-21-18(19)22-17)24-12-13-6-8-14(9-7-13)15(23)4-2/h6-9,11H,3-5,10,12H2,1-2H3,(H3,19,20,21,22). The van der Waals surface area contributed by atoms with Gasteiger partial charge in [-0.25, -0.2) is 4.98 Å². The number of benzene rings is 1. The van der Waals surface area contributed by atoms with E-state index in [0.717, 1.165) is 30.5 Å². The van der Waals surface area contributed by atoms with Gasteiger partial charge in [0.25, 0.3) is 0 Å². The number of rotatable bonds is 9. The van der Waals surface area contributed by atoms with Crippen LogP contribution in [0.2, 0.25) is 0 Å². The second-order valence-electron chi connectivity index (χ2n) is 5.48. The highest BCUT2D eigenvalue weighted by Gasteiger charge is 2.08. The molecule has 6 nitrogen and oxygen atoms in total. The van der Waals surface area contributed by atoms with E-state index in [4.69, 9.17) is 10.5 Å². The lowest BCUT2D eigenvalue weighted by Crippen LogP contribution is -2.08. The van der Waals surface area contributed by atoms with Gasteiger partial charge in [0.15, 0.2) is 17.4 Å². The van der Waals surface area contributed by atoms with E-state index < -0.39 is 0 Å². The summed E-state index contributed by atoms with van der Waals surface area (Å²) in [5, 5.41) is 3.22. The van der Waals surface area contributed by atoms with Crippen molar-refractivity contribution in [3.63, 3.8) is 0 Å². The first-order chi connectivity index (χ1) is 11.6. The number of nitrogens with one attached hydrogen (secondary N) is 1. The fraction of sp³-hybridized carbons (Fsp3) is 0.389. The molecule has 0 aliphatic heterocycles. The van der Waals surface area contributed by atoms with Crippen molar-refractivity contribution < 1.29 is 9.53 Å². The van der Waals surface area contributed by atoms with Crippen molar-refractivity contribution in [2.24, 2.45) is 0 Å². The summed E-state index contributed by atoms with van der Waals surface area (Å²) in [6, 6.07) is 7.44. The number of nitrogens with two attached hydrogens (primary N) is 1. The molecule has 0 radical (unpaired) electrons. The molecule has 0 fully saturated rings. The summed E-state index contributed by atoms with van der Waals surface area (Å²) in [5.41, 5.74) is 7.34. The van der Waals surface area contributed by atoms with Gasteiger partial charge in [-0.2, -0.15) is 4.98 Å². The predicted octanol–water partition coefficient (Wildman–Crippen LogP) is 3.44. The van der Waals surface area contributed by atoms with Gasteiger partial charge in [-0.05, 0) is 12.0 Å². The molecule has 2 aromatic rings. The third kappa shape index (κ3) is 4.94. The summed E-state index contributed by atoms with van der Waals surface area (Å²) < 4.78 is 5.81.